The predicted molar refractivity (Wildman–Crippen MR) is 92.4 cm³/mol. The van der Waals surface area contributed by atoms with Crippen molar-refractivity contribution < 1.29 is 9.90 Å². The number of thiophene rings is 1. The Morgan fingerprint density at radius 2 is 1.87 bits per heavy atom. The molecular weight excluding hydrogens is 308 g/mol. The standard InChI is InChI=1S/C18H16N2O2S/c19-12-14(18(21)22)11-16-7-8-17(23-16)13-3-5-15(6-4-13)20-9-1-2-10-20/h3-8,11H,1-2,9-10H2,(H,21,22)/b14-11+. The number of anilines is 1. The SMILES string of the molecule is N#C/C(=C\c1ccc(-c2ccc(N3CCCC3)cc2)s1)C(=O)O. The monoisotopic (exact) mass is 324 g/mol. The molecule has 0 aliphatic carbocycles. The molecule has 2 heterocycles. The van der Waals surface area contributed by atoms with E-state index in [0.717, 1.165) is 28.4 Å². The highest BCUT2D eigenvalue weighted by molar-refractivity contribution is 7.16. The molecule has 2 aromatic rings. The average Bonchev–Trinajstić information content (AvgIpc) is 3.24. The zero-order valence-corrected chi connectivity index (χ0v) is 13.3. The molecule has 0 atom stereocenters. The van der Waals surface area contributed by atoms with E-state index in [4.69, 9.17) is 10.4 Å². The zero-order valence-electron chi connectivity index (χ0n) is 12.5. The molecule has 0 bridgehead atoms. The Morgan fingerprint density at radius 1 is 1.17 bits per heavy atom. The molecule has 0 saturated carbocycles. The Morgan fingerprint density at radius 3 is 2.48 bits per heavy atom. The highest BCUT2D eigenvalue weighted by Crippen LogP contribution is 2.31. The van der Waals surface area contributed by atoms with Crippen LogP contribution < -0.4 is 4.90 Å². The van der Waals surface area contributed by atoms with Crippen molar-refractivity contribution in [2.75, 3.05) is 18.0 Å². The summed E-state index contributed by atoms with van der Waals surface area (Å²) in [5.41, 5.74) is 2.11. The molecule has 116 valence electrons. The van der Waals surface area contributed by atoms with Crippen LogP contribution in [0, 0.1) is 11.3 Å². The minimum Gasteiger partial charge on any atom is -0.477 e. The lowest BCUT2D eigenvalue weighted by Gasteiger charge is -2.17. The molecule has 1 aliphatic heterocycles. The molecule has 5 heteroatoms. The number of nitriles is 1. The van der Waals surface area contributed by atoms with Crippen LogP contribution in [0.2, 0.25) is 0 Å². The van der Waals surface area contributed by atoms with Crippen LogP contribution in [0.5, 0.6) is 0 Å². The summed E-state index contributed by atoms with van der Waals surface area (Å²) in [4.78, 5) is 15.1. The molecule has 1 aromatic heterocycles. The Labute approximate surface area is 138 Å². The molecule has 0 radical (unpaired) electrons. The number of carboxylic acids is 1. The van der Waals surface area contributed by atoms with Gasteiger partial charge in [-0.25, -0.2) is 4.79 Å². The van der Waals surface area contributed by atoms with Crippen LogP contribution in [0.25, 0.3) is 16.5 Å². The van der Waals surface area contributed by atoms with Crippen molar-refractivity contribution in [3.05, 3.63) is 46.8 Å². The molecule has 1 fully saturated rings. The van der Waals surface area contributed by atoms with E-state index in [0.29, 0.717) is 0 Å². The number of carbonyl (C=O) groups is 1. The van der Waals surface area contributed by atoms with Gasteiger partial charge in [-0.05, 0) is 48.7 Å². The number of nitrogens with zero attached hydrogens (tertiary/aromatic N) is 2. The number of hydrogen-bond donors (Lipinski definition) is 1. The van der Waals surface area contributed by atoms with E-state index >= 15 is 0 Å². The molecule has 0 unspecified atom stereocenters. The molecule has 0 amide bonds. The molecule has 1 aromatic carbocycles. The Kier molecular flexibility index (Phi) is 4.45. The quantitative estimate of drug-likeness (QED) is 0.682. The molecule has 0 spiro atoms. The second-order valence-electron chi connectivity index (χ2n) is 5.42. The highest BCUT2D eigenvalue weighted by Gasteiger charge is 2.12. The summed E-state index contributed by atoms with van der Waals surface area (Å²) in [6.45, 7) is 2.25. The van der Waals surface area contributed by atoms with Gasteiger partial charge in [-0.3, -0.25) is 0 Å². The first-order chi connectivity index (χ1) is 11.2. The van der Waals surface area contributed by atoms with Crippen molar-refractivity contribution in [2.45, 2.75) is 12.8 Å². The molecule has 3 rings (SSSR count). The van der Waals surface area contributed by atoms with Gasteiger partial charge < -0.3 is 10.0 Å². The summed E-state index contributed by atoms with van der Waals surface area (Å²) in [7, 11) is 0. The van der Waals surface area contributed by atoms with Gasteiger partial charge in [-0.1, -0.05) is 12.1 Å². The molecule has 1 N–H and O–H groups in total. The Bertz CT molecular complexity index is 778. The van der Waals surface area contributed by atoms with Crippen LogP contribution in [0.1, 0.15) is 17.7 Å². The second-order valence-corrected chi connectivity index (χ2v) is 6.53. The van der Waals surface area contributed by atoms with Crippen molar-refractivity contribution in [3.8, 4) is 16.5 Å². The summed E-state index contributed by atoms with van der Waals surface area (Å²) < 4.78 is 0. The maximum absolute atomic E-state index is 10.9. The Hall–Kier alpha value is -2.58. The van der Waals surface area contributed by atoms with Gasteiger partial charge in [-0.15, -0.1) is 11.3 Å². The summed E-state index contributed by atoms with van der Waals surface area (Å²) in [5.74, 6) is -1.20. The largest absolute Gasteiger partial charge is 0.477 e. The van der Waals surface area contributed by atoms with Crippen molar-refractivity contribution in [1.29, 1.82) is 5.26 Å². The van der Waals surface area contributed by atoms with Crippen LogP contribution in [0.4, 0.5) is 5.69 Å². The third-order valence-corrected chi connectivity index (χ3v) is 4.97. The lowest BCUT2D eigenvalue weighted by Crippen LogP contribution is -2.17. The van der Waals surface area contributed by atoms with Crippen LogP contribution in [-0.2, 0) is 4.79 Å². The van der Waals surface area contributed by atoms with Crippen LogP contribution >= 0.6 is 11.3 Å². The molecule has 4 nitrogen and oxygen atoms in total. The Balaban J connectivity index is 1.80. The fourth-order valence-corrected chi connectivity index (χ4v) is 3.64. The fourth-order valence-electron chi connectivity index (χ4n) is 2.68. The topological polar surface area (TPSA) is 64.3 Å². The van der Waals surface area contributed by atoms with E-state index in [-0.39, 0.29) is 5.57 Å². The van der Waals surface area contributed by atoms with Crippen molar-refractivity contribution in [1.82, 2.24) is 0 Å². The van der Waals surface area contributed by atoms with Gasteiger partial charge in [0.25, 0.3) is 0 Å². The van der Waals surface area contributed by atoms with Gasteiger partial charge in [-0.2, -0.15) is 5.26 Å². The van der Waals surface area contributed by atoms with Crippen molar-refractivity contribution >= 4 is 29.1 Å². The molecule has 1 aliphatic rings. The third-order valence-electron chi connectivity index (χ3n) is 3.89. The minimum absolute atomic E-state index is 0.247. The third kappa shape index (κ3) is 3.43. The number of aliphatic carboxylic acids is 1. The number of hydrogen-bond acceptors (Lipinski definition) is 4. The molecule has 1 saturated heterocycles. The van der Waals surface area contributed by atoms with E-state index in [2.05, 4.69) is 29.2 Å². The summed E-state index contributed by atoms with van der Waals surface area (Å²) in [5, 5.41) is 17.7. The van der Waals surface area contributed by atoms with E-state index in [9.17, 15) is 4.79 Å². The zero-order chi connectivity index (χ0) is 16.2. The van der Waals surface area contributed by atoms with Gasteiger partial charge in [0.05, 0.1) is 0 Å². The lowest BCUT2D eigenvalue weighted by atomic mass is 10.1. The second kappa shape index (κ2) is 6.67. The molecule has 23 heavy (non-hydrogen) atoms. The summed E-state index contributed by atoms with van der Waals surface area (Å²) in [6, 6.07) is 13.9. The first kappa shape index (κ1) is 15.3. The highest BCUT2D eigenvalue weighted by atomic mass is 32.1. The average molecular weight is 324 g/mol. The minimum atomic E-state index is -1.20. The van der Waals surface area contributed by atoms with Crippen LogP contribution in [-0.4, -0.2) is 24.2 Å². The normalized spacial score (nSPS) is 14.7. The lowest BCUT2D eigenvalue weighted by molar-refractivity contribution is -0.132. The van der Waals surface area contributed by atoms with E-state index in [1.54, 1.807) is 6.07 Å². The number of benzene rings is 1. The molecular formula is C18H16N2O2S. The van der Waals surface area contributed by atoms with E-state index in [1.165, 1.54) is 35.9 Å². The van der Waals surface area contributed by atoms with Crippen molar-refractivity contribution in [2.24, 2.45) is 0 Å². The number of rotatable bonds is 4. The number of carboxylic acid groups (broad SMARTS) is 1. The van der Waals surface area contributed by atoms with Crippen LogP contribution in [0.3, 0.4) is 0 Å². The van der Waals surface area contributed by atoms with E-state index in [1.807, 2.05) is 12.1 Å². The van der Waals surface area contributed by atoms with Gasteiger partial charge >= 0.3 is 5.97 Å². The maximum Gasteiger partial charge on any atom is 0.346 e. The fraction of sp³-hybridized carbons (Fsp3) is 0.222. The summed E-state index contributed by atoms with van der Waals surface area (Å²) >= 11 is 1.48. The van der Waals surface area contributed by atoms with Gasteiger partial charge in [0.1, 0.15) is 11.6 Å². The first-order valence-electron chi connectivity index (χ1n) is 7.48. The van der Waals surface area contributed by atoms with Crippen LogP contribution in [0.15, 0.2) is 42.0 Å². The van der Waals surface area contributed by atoms with Crippen molar-refractivity contribution in [3.63, 3.8) is 0 Å². The van der Waals surface area contributed by atoms with E-state index < -0.39 is 5.97 Å². The van der Waals surface area contributed by atoms with Gasteiger partial charge in [0, 0.05) is 28.5 Å². The smallest absolute Gasteiger partial charge is 0.346 e. The summed E-state index contributed by atoms with van der Waals surface area (Å²) in [6.07, 6.45) is 3.93. The van der Waals surface area contributed by atoms with Gasteiger partial charge in [0.15, 0.2) is 0 Å². The first-order valence-corrected chi connectivity index (χ1v) is 8.29. The maximum atomic E-state index is 10.9. The van der Waals surface area contributed by atoms with Gasteiger partial charge in [0.2, 0.25) is 0 Å². The predicted octanol–water partition coefficient (Wildman–Crippen LogP) is 4.01.